The summed E-state index contributed by atoms with van der Waals surface area (Å²) in [4.78, 5) is 15.6. The van der Waals surface area contributed by atoms with E-state index in [0.717, 1.165) is 48.4 Å². The van der Waals surface area contributed by atoms with E-state index in [1.165, 1.54) is 5.56 Å². The van der Waals surface area contributed by atoms with Crippen LogP contribution in [0.25, 0.3) is 0 Å². The number of amides is 1. The van der Waals surface area contributed by atoms with Crippen molar-refractivity contribution in [2.45, 2.75) is 38.6 Å². The van der Waals surface area contributed by atoms with Crippen molar-refractivity contribution < 1.29 is 14.3 Å². The molecule has 1 aliphatic rings. The highest BCUT2D eigenvalue weighted by Crippen LogP contribution is 2.57. The molecule has 0 spiro atoms. The molecule has 1 saturated heterocycles. The van der Waals surface area contributed by atoms with Crippen LogP contribution < -0.4 is 14.4 Å². The molecule has 4 nitrogen and oxygen atoms in total. The van der Waals surface area contributed by atoms with Crippen LogP contribution in [0.5, 0.6) is 11.5 Å². The maximum atomic E-state index is 13.7. The highest BCUT2D eigenvalue weighted by molar-refractivity contribution is 6.06. The zero-order chi connectivity index (χ0) is 22.6. The Morgan fingerprint density at radius 2 is 1.44 bits per heavy atom. The summed E-state index contributed by atoms with van der Waals surface area (Å²) in [6.07, 6.45) is 3.63. The number of hydrogen-bond donors (Lipinski definition) is 0. The molecule has 1 amide bonds. The fourth-order valence-electron chi connectivity index (χ4n) is 4.94. The molecular weight excluding hydrogens is 398 g/mol. The smallest absolute Gasteiger partial charge is 0.236 e. The van der Waals surface area contributed by atoms with Crippen LogP contribution in [0.1, 0.15) is 43.4 Å². The van der Waals surface area contributed by atoms with Gasteiger partial charge in [-0.3, -0.25) is 4.79 Å². The molecule has 0 saturated carbocycles. The maximum Gasteiger partial charge on any atom is 0.236 e. The third-order valence-electron chi connectivity index (χ3n) is 6.77. The van der Waals surface area contributed by atoms with Crippen LogP contribution in [0.3, 0.4) is 0 Å². The van der Waals surface area contributed by atoms with Gasteiger partial charge in [0.15, 0.2) is 0 Å². The number of carbonyl (C=O) groups is 1. The summed E-state index contributed by atoms with van der Waals surface area (Å²) in [7, 11) is 3.32. The Kier molecular flexibility index (Phi) is 6.50. The molecule has 4 heteroatoms. The van der Waals surface area contributed by atoms with E-state index in [0.29, 0.717) is 0 Å². The molecule has 1 heterocycles. The quantitative estimate of drug-likeness (QED) is 0.380. The fourth-order valence-corrected chi connectivity index (χ4v) is 4.94. The Bertz CT molecular complexity index is 1030. The Balaban J connectivity index is 1.64. The molecule has 3 aromatic rings. The molecule has 0 N–H and O–H groups in total. The summed E-state index contributed by atoms with van der Waals surface area (Å²) in [6.45, 7) is 2.14. The van der Waals surface area contributed by atoms with Crippen molar-refractivity contribution in [3.8, 4) is 11.5 Å². The minimum atomic E-state index is -0.400. The van der Waals surface area contributed by atoms with Gasteiger partial charge in [0.2, 0.25) is 5.91 Å². The second kappa shape index (κ2) is 9.47. The van der Waals surface area contributed by atoms with Gasteiger partial charge in [0.25, 0.3) is 0 Å². The molecule has 0 unspecified atom stereocenters. The number of ether oxygens (including phenoxy) is 2. The molecule has 0 radical (unpaired) electrons. The summed E-state index contributed by atoms with van der Waals surface area (Å²) in [6, 6.07) is 26.4. The summed E-state index contributed by atoms with van der Waals surface area (Å²) in [5.74, 6) is 1.81. The number of aryl methyl sites for hydroxylation is 1. The number of hydrogen-bond acceptors (Lipinski definition) is 3. The first-order valence-corrected chi connectivity index (χ1v) is 11.3. The summed E-state index contributed by atoms with van der Waals surface area (Å²) < 4.78 is 10.7. The van der Waals surface area contributed by atoms with Crippen molar-refractivity contribution in [2.24, 2.45) is 5.41 Å². The van der Waals surface area contributed by atoms with Crippen LogP contribution in [-0.4, -0.2) is 20.1 Å². The standard InChI is InChI=1S/C28H31NO3/c1-4-28(20-8-11-21-9-6-5-7-10-21)26(22-12-16-24(31-2)17-13-22)29(27(28)30)23-14-18-25(32-3)19-15-23/h5-7,9-10,12-19,26H,4,8,11,20H2,1-3H3/t26-,28+/m1/s1. The number of benzene rings is 3. The van der Waals surface area contributed by atoms with Gasteiger partial charge in [0.1, 0.15) is 11.5 Å². The molecular formula is C28H31NO3. The van der Waals surface area contributed by atoms with Crippen molar-refractivity contribution in [1.29, 1.82) is 0 Å². The van der Waals surface area contributed by atoms with Crippen LogP contribution in [0.4, 0.5) is 5.69 Å². The van der Waals surface area contributed by atoms with E-state index in [9.17, 15) is 4.79 Å². The highest BCUT2D eigenvalue weighted by Gasteiger charge is 2.59. The lowest BCUT2D eigenvalue weighted by Crippen LogP contribution is -2.63. The third-order valence-corrected chi connectivity index (χ3v) is 6.77. The lowest BCUT2D eigenvalue weighted by Gasteiger charge is -2.56. The molecule has 1 aliphatic heterocycles. The number of anilines is 1. The van der Waals surface area contributed by atoms with Crippen LogP contribution in [0.2, 0.25) is 0 Å². The van der Waals surface area contributed by atoms with Gasteiger partial charge in [0, 0.05) is 5.69 Å². The topological polar surface area (TPSA) is 38.8 Å². The second-order valence-electron chi connectivity index (χ2n) is 8.40. The van der Waals surface area contributed by atoms with Crippen LogP contribution in [0, 0.1) is 5.41 Å². The van der Waals surface area contributed by atoms with E-state index < -0.39 is 5.41 Å². The minimum absolute atomic E-state index is 0.00456. The molecule has 1 fully saturated rings. The second-order valence-corrected chi connectivity index (χ2v) is 8.40. The lowest BCUT2D eigenvalue weighted by molar-refractivity contribution is -0.141. The molecule has 4 rings (SSSR count). The Morgan fingerprint density at radius 3 is 2.00 bits per heavy atom. The van der Waals surface area contributed by atoms with Gasteiger partial charge < -0.3 is 14.4 Å². The first-order chi connectivity index (χ1) is 15.6. The van der Waals surface area contributed by atoms with Gasteiger partial charge in [-0.2, -0.15) is 0 Å². The maximum absolute atomic E-state index is 13.7. The van der Waals surface area contributed by atoms with E-state index in [2.05, 4.69) is 43.3 Å². The average Bonchev–Trinajstić information content (AvgIpc) is 2.86. The van der Waals surface area contributed by atoms with E-state index in [4.69, 9.17) is 9.47 Å². The van der Waals surface area contributed by atoms with Crippen molar-refractivity contribution in [2.75, 3.05) is 19.1 Å². The normalized spacial score (nSPS) is 20.0. The Hall–Kier alpha value is -3.27. The SMILES string of the molecule is CC[C@@]1(CCCc2ccccc2)C(=O)N(c2ccc(OC)cc2)[C@@H]1c1ccc(OC)cc1. The van der Waals surface area contributed by atoms with Gasteiger partial charge in [-0.25, -0.2) is 0 Å². The van der Waals surface area contributed by atoms with Crippen molar-refractivity contribution in [3.05, 3.63) is 90.0 Å². The summed E-state index contributed by atoms with van der Waals surface area (Å²) in [5.41, 5.74) is 2.97. The number of β-lactam (4-membered cyclic amide) rings is 1. The largest absolute Gasteiger partial charge is 0.497 e. The van der Waals surface area contributed by atoms with Gasteiger partial charge in [0.05, 0.1) is 25.7 Å². The van der Waals surface area contributed by atoms with Gasteiger partial charge in [-0.15, -0.1) is 0 Å². The predicted octanol–water partition coefficient (Wildman–Crippen LogP) is 6.21. The number of methoxy groups -OCH3 is 2. The first kappa shape index (κ1) is 21.9. The monoisotopic (exact) mass is 429 g/mol. The highest BCUT2D eigenvalue weighted by atomic mass is 16.5. The van der Waals surface area contributed by atoms with Crippen molar-refractivity contribution in [1.82, 2.24) is 0 Å². The van der Waals surface area contributed by atoms with Crippen LogP contribution >= 0.6 is 0 Å². The van der Waals surface area contributed by atoms with E-state index in [1.54, 1.807) is 14.2 Å². The van der Waals surface area contributed by atoms with Gasteiger partial charge in [-0.05, 0) is 73.2 Å². The van der Waals surface area contributed by atoms with E-state index in [-0.39, 0.29) is 11.9 Å². The lowest BCUT2D eigenvalue weighted by atomic mass is 9.63. The molecule has 0 aromatic heterocycles. The van der Waals surface area contributed by atoms with Gasteiger partial charge >= 0.3 is 0 Å². The van der Waals surface area contributed by atoms with Crippen molar-refractivity contribution in [3.63, 3.8) is 0 Å². The Labute approximate surface area is 190 Å². The van der Waals surface area contributed by atoms with Crippen molar-refractivity contribution >= 4 is 11.6 Å². The van der Waals surface area contributed by atoms with Gasteiger partial charge in [-0.1, -0.05) is 49.4 Å². The molecule has 3 aromatic carbocycles. The van der Waals surface area contributed by atoms with E-state index >= 15 is 0 Å². The molecule has 0 aliphatic carbocycles. The summed E-state index contributed by atoms with van der Waals surface area (Å²) in [5, 5.41) is 0. The van der Waals surface area contributed by atoms with Crippen LogP contribution in [-0.2, 0) is 11.2 Å². The average molecular weight is 430 g/mol. The molecule has 0 bridgehead atoms. The summed E-state index contributed by atoms with van der Waals surface area (Å²) >= 11 is 0. The molecule has 32 heavy (non-hydrogen) atoms. The number of nitrogens with zero attached hydrogens (tertiary/aromatic N) is 1. The fraction of sp³-hybridized carbons (Fsp3) is 0.321. The third kappa shape index (κ3) is 3.97. The Morgan fingerprint density at radius 1 is 0.844 bits per heavy atom. The number of rotatable bonds is 9. The molecule has 2 atom stereocenters. The zero-order valence-electron chi connectivity index (χ0n) is 19.1. The molecule has 166 valence electrons. The minimum Gasteiger partial charge on any atom is -0.497 e. The first-order valence-electron chi connectivity index (χ1n) is 11.3. The van der Waals surface area contributed by atoms with Crippen LogP contribution in [0.15, 0.2) is 78.9 Å². The van der Waals surface area contributed by atoms with E-state index in [1.807, 2.05) is 47.4 Å². The predicted molar refractivity (Wildman–Crippen MR) is 128 cm³/mol. The number of carbonyl (C=O) groups excluding carboxylic acids is 1. The zero-order valence-corrected chi connectivity index (χ0v) is 19.1.